The minimum Gasteiger partial charge on any atom is -0.476 e. The maximum atomic E-state index is 13.0. The Labute approximate surface area is 166 Å². The van der Waals surface area contributed by atoms with Crippen molar-refractivity contribution in [2.24, 2.45) is 5.92 Å². The van der Waals surface area contributed by atoms with E-state index in [9.17, 15) is 13.2 Å². The summed E-state index contributed by atoms with van der Waals surface area (Å²) in [4.78, 5) is 13.0. The van der Waals surface area contributed by atoms with Gasteiger partial charge in [0.15, 0.2) is 6.10 Å². The van der Waals surface area contributed by atoms with E-state index < -0.39 is 16.1 Å². The van der Waals surface area contributed by atoms with Gasteiger partial charge in [0.2, 0.25) is 10.0 Å². The Kier molecular flexibility index (Phi) is 5.93. The van der Waals surface area contributed by atoms with Gasteiger partial charge in [-0.15, -0.1) is 0 Å². The van der Waals surface area contributed by atoms with Gasteiger partial charge in [-0.05, 0) is 30.0 Å². The highest BCUT2D eigenvalue weighted by Gasteiger charge is 2.35. The lowest BCUT2D eigenvalue weighted by Gasteiger charge is -2.34. The third-order valence-electron chi connectivity index (χ3n) is 4.65. The Hall–Kier alpha value is -2.54. The molecule has 0 saturated carbocycles. The van der Waals surface area contributed by atoms with Crippen LogP contribution in [0.4, 0.5) is 5.69 Å². The molecule has 1 aliphatic heterocycles. The second-order valence-electron chi connectivity index (χ2n) is 7.47. The van der Waals surface area contributed by atoms with E-state index >= 15 is 0 Å². The Morgan fingerprint density at radius 2 is 1.79 bits per heavy atom. The zero-order valence-corrected chi connectivity index (χ0v) is 17.1. The number of benzene rings is 2. The topological polar surface area (TPSA) is 75.7 Å². The summed E-state index contributed by atoms with van der Waals surface area (Å²) in [5, 5.41) is 3.05. The average Bonchev–Trinajstić information content (AvgIpc) is 2.66. The van der Waals surface area contributed by atoms with Crippen LogP contribution in [0.3, 0.4) is 0 Å². The predicted molar refractivity (Wildman–Crippen MR) is 110 cm³/mol. The summed E-state index contributed by atoms with van der Waals surface area (Å²) in [7, 11) is -3.53. The van der Waals surface area contributed by atoms with E-state index in [2.05, 4.69) is 19.2 Å². The molecule has 1 N–H and O–H groups in total. The second-order valence-corrected chi connectivity index (χ2v) is 9.38. The van der Waals surface area contributed by atoms with Gasteiger partial charge in [-0.1, -0.05) is 56.3 Å². The van der Waals surface area contributed by atoms with Crippen LogP contribution in [0.15, 0.2) is 54.6 Å². The average molecular weight is 403 g/mol. The van der Waals surface area contributed by atoms with Crippen molar-refractivity contribution in [2.45, 2.75) is 32.4 Å². The van der Waals surface area contributed by atoms with Crippen LogP contribution >= 0.6 is 0 Å². The number of para-hydroxylation sites is 2. The zero-order valence-electron chi connectivity index (χ0n) is 16.3. The minimum absolute atomic E-state index is 0.0507. The number of nitrogens with one attached hydrogen (secondary N) is 1. The van der Waals surface area contributed by atoms with Gasteiger partial charge in [-0.2, -0.15) is 0 Å². The first-order chi connectivity index (χ1) is 13.3. The second kappa shape index (κ2) is 8.22. The Morgan fingerprint density at radius 3 is 2.43 bits per heavy atom. The number of carbonyl (C=O) groups excluding carboxylic acids is 1. The molecule has 150 valence electrons. The fourth-order valence-corrected chi connectivity index (χ4v) is 4.27. The van der Waals surface area contributed by atoms with Crippen LogP contribution in [-0.4, -0.2) is 33.2 Å². The molecule has 2 atom stereocenters. The largest absolute Gasteiger partial charge is 0.476 e. The number of sulfonamides is 1. The van der Waals surface area contributed by atoms with Crippen molar-refractivity contribution >= 4 is 21.6 Å². The third-order valence-corrected chi connectivity index (χ3v) is 5.80. The number of anilines is 1. The van der Waals surface area contributed by atoms with E-state index in [1.54, 1.807) is 24.3 Å². The molecule has 0 bridgehead atoms. The molecule has 0 fully saturated rings. The Balaban J connectivity index is 1.83. The van der Waals surface area contributed by atoms with Crippen LogP contribution in [0, 0.1) is 5.92 Å². The van der Waals surface area contributed by atoms with Crippen LogP contribution in [0.2, 0.25) is 0 Å². The van der Waals surface area contributed by atoms with Gasteiger partial charge in [-0.3, -0.25) is 9.10 Å². The molecule has 28 heavy (non-hydrogen) atoms. The number of carbonyl (C=O) groups is 1. The first-order valence-corrected chi connectivity index (χ1v) is 11.2. The summed E-state index contributed by atoms with van der Waals surface area (Å²) in [6.07, 6.45) is 0.993. The van der Waals surface area contributed by atoms with Crippen LogP contribution in [0.5, 0.6) is 5.75 Å². The fourth-order valence-electron chi connectivity index (χ4n) is 3.35. The SMILES string of the molecule is CC(C)C[C@H](NC(=O)[C@@H]1CN(S(C)(=O)=O)c2ccccc2O1)c1ccccc1. The van der Waals surface area contributed by atoms with Crippen molar-refractivity contribution in [1.29, 1.82) is 0 Å². The normalized spacial score (nSPS) is 17.6. The number of nitrogens with zero attached hydrogens (tertiary/aromatic N) is 1. The maximum absolute atomic E-state index is 13.0. The van der Waals surface area contributed by atoms with Crippen LogP contribution in [0.25, 0.3) is 0 Å². The minimum atomic E-state index is -3.53. The highest BCUT2D eigenvalue weighted by atomic mass is 32.2. The van der Waals surface area contributed by atoms with Crippen molar-refractivity contribution in [3.8, 4) is 5.75 Å². The Bertz CT molecular complexity index is 928. The molecule has 1 aliphatic rings. The number of amides is 1. The molecule has 7 heteroatoms. The first kappa shape index (κ1) is 20.2. The van der Waals surface area contributed by atoms with E-state index in [0.29, 0.717) is 17.4 Å². The number of hydrogen-bond acceptors (Lipinski definition) is 4. The fraction of sp³-hybridized carbons (Fsp3) is 0.381. The van der Waals surface area contributed by atoms with Gasteiger partial charge < -0.3 is 10.1 Å². The van der Waals surface area contributed by atoms with Crippen LogP contribution in [-0.2, 0) is 14.8 Å². The van der Waals surface area contributed by atoms with Crippen molar-refractivity contribution in [1.82, 2.24) is 5.32 Å². The molecule has 0 unspecified atom stereocenters. The van der Waals surface area contributed by atoms with Crippen molar-refractivity contribution in [2.75, 3.05) is 17.1 Å². The van der Waals surface area contributed by atoms with Crippen LogP contribution < -0.4 is 14.4 Å². The monoisotopic (exact) mass is 402 g/mol. The van der Waals surface area contributed by atoms with E-state index in [0.717, 1.165) is 18.2 Å². The lowest BCUT2D eigenvalue weighted by atomic mass is 9.96. The predicted octanol–water partition coefficient (Wildman–Crippen LogP) is 3.12. The van der Waals surface area contributed by atoms with Gasteiger partial charge in [-0.25, -0.2) is 8.42 Å². The molecule has 6 nitrogen and oxygen atoms in total. The maximum Gasteiger partial charge on any atom is 0.263 e. The summed E-state index contributed by atoms with van der Waals surface area (Å²) < 4.78 is 31.6. The molecule has 1 amide bonds. The van der Waals surface area contributed by atoms with Gasteiger partial charge >= 0.3 is 0 Å². The van der Waals surface area contributed by atoms with Crippen LogP contribution in [0.1, 0.15) is 31.9 Å². The first-order valence-electron chi connectivity index (χ1n) is 9.34. The molecular weight excluding hydrogens is 376 g/mol. The molecule has 3 rings (SSSR count). The summed E-state index contributed by atoms with van der Waals surface area (Å²) in [6, 6.07) is 16.5. The summed E-state index contributed by atoms with van der Waals surface area (Å²) >= 11 is 0. The summed E-state index contributed by atoms with van der Waals surface area (Å²) in [5.41, 5.74) is 1.47. The highest BCUT2D eigenvalue weighted by Crippen LogP contribution is 2.34. The van der Waals surface area contributed by atoms with Crippen molar-refractivity contribution in [3.63, 3.8) is 0 Å². The van der Waals surface area contributed by atoms with Crippen molar-refractivity contribution in [3.05, 3.63) is 60.2 Å². The van der Waals surface area contributed by atoms with E-state index in [4.69, 9.17) is 4.74 Å². The van der Waals surface area contributed by atoms with Crippen molar-refractivity contribution < 1.29 is 17.9 Å². The number of fused-ring (bicyclic) bond motifs is 1. The molecule has 0 saturated heterocycles. The van der Waals surface area contributed by atoms with E-state index in [1.807, 2.05) is 30.3 Å². The van der Waals surface area contributed by atoms with Gasteiger partial charge in [0.05, 0.1) is 24.5 Å². The number of ether oxygens (including phenoxy) is 1. The van der Waals surface area contributed by atoms with E-state index in [1.165, 1.54) is 4.31 Å². The highest BCUT2D eigenvalue weighted by molar-refractivity contribution is 7.92. The summed E-state index contributed by atoms with van der Waals surface area (Å²) in [6.45, 7) is 4.15. The summed E-state index contributed by atoms with van der Waals surface area (Å²) in [5.74, 6) is 0.447. The standard InChI is InChI=1S/C21H26N2O4S/c1-15(2)13-17(16-9-5-4-6-10-16)22-21(24)20-14-23(28(3,25)26)18-11-7-8-12-19(18)27-20/h4-12,15,17,20H,13-14H2,1-3H3,(H,22,24)/t17-,20-/m0/s1. The molecule has 1 heterocycles. The van der Waals surface area contributed by atoms with E-state index in [-0.39, 0.29) is 18.5 Å². The molecule has 0 aromatic heterocycles. The van der Waals surface area contributed by atoms with Gasteiger partial charge in [0.25, 0.3) is 5.91 Å². The molecule has 2 aromatic carbocycles. The quantitative estimate of drug-likeness (QED) is 0.806. The zero-order chi connectivity index (χ0) is 20.3. The van der Waals surface area contributed by atoms with Gasteiger partial charge in [0, 0.05) is 0 Å². The Morgan fingerprint density at radius 1 is 1.14 bits per heavy atom. The third kappa shape index (κ3) is 4.65. The number of rotatable bonds is 6. The molecule has 0 radical (unpaired) electrons. The number of hydrogen-bond donors (Lipinski definition) is 1. The van der Waals surface area contributed by atoms with Gasteiger partial charge in [0.1, 0.15) is 5.75 Å². The lowest BCUT2D eigenvalue weighted by Crippen LogP contribution is -2.51. The molecule has 0 aliphatic carbocycles. The smallest absolute Gasteiger partial charge is 0.263 e. The molecule has 2 aromatic rings. The lowest BCUT2D eigenvalue weighted by molar-refractivity contribution is -0.128. The molecular formula is C21H26N2O4S. The molecule has 0 spiro atoms.